The summed E-state index contributed by atoms with van der Waals surface area (Å²) in [5.41, 5.74) is -1.77. The first kappa shape index (κ1) is 24.0. The van der Waals surface area contributed by atoms with Crippen LogP contribution >= 0.6 is 0 Å². The summed E-state index contributed by atoms with van der Waals surface area (Å²) in [5, 5.41) is 17.4. The Morgan fingerprint density at radius 2 is 2.06 bits per heavy atom. The average molecular weight is 501 g/mol. The van der Waals surface area contributed by atoms with Crippen LogP contribution in [0.3, 0.4) is 0 Å². The lowest BCUT2D eigenvalue weighted by atomic mass is 9.84. The molecule has 190 valence electrons. The molecule has 0 saturated carbocycles. The van der Waals surface area contributed by atoms with Crippen LogP contribution in [0.2, 0.25) is 0 Å². The lowest BCUT2D eigenvalue weighted by Crippen LogP contribution is -2.52. The Morgan fingerprint density at radius 3 is 2.75 bits per heavy atom. The van der Waals surface area contributed by atoms with E-state index in [9.17, 15) is 28.3 Å². The molecular weight excluding hydrogens is 474 g/mol. The predicted molar refractivity (Wildman–Crippen MR) is 125 cm³/mol. The van der Waals surface area contributed by atoms with Crippen LogP contribution in [0.1, 0.15) is 71.1 Å². The summed E-state index contributed by atoms with van der Waals surface area (Å²) in [4.78, 5) is 46.8. The normalized spacial score (nSPS) is 24.8. The molecule has 2 aromatic rings. The second kappa shape index (κ2) is 8.42. The Bertz CT molecular complexity index is 1390. The second-order valence-corrected chi connectivity index (χ2v) is 9.82. The van der Waals surface area contributed by atoms with E-state index >= 15 is 0 Å². The van der Waals surface area contributed by atoms with Gasteiger partial charge >= 0.3 is 0 Å². The molecule has 3 atom stereocenters. The number of carbonyl (C=O) groups excluding carboxylic acids is 2. The zero-order valence-corrected chi connectivity index (χ0v) is 20.1. The largest absolute Gasteiger partial charge is 0.503 e. The Morgan fingerprint density at radius 1 is 1.31 bits per heavy atom. The maximum Gasteiger partial charge on any atom is 0.274 e. The number of hydrogen-bond donors (Lipinski definition) is 2. The zero-order valence-electron chi connectivity index (χ0n) is 20.1. The number of aromatic nitrogens is 1. The smallest absolute Gasteiger partial charge is 0.274 e. The molecular formula is C25H26F2N4O5. The van der Waals surface area contributed by atoms with Gasteiger partial charge in [0.25, 0.3) is 11.8 Å². The SMILES string of the molecule is CC1=NO[C@@]2(CC[C@H](C)N3C[C@H]2n2cc(C(=O)NCc4ccc(F)c(C)c4F)c(=O)c(O)c2C3=O)C1. The zero-order chi connectivity index (χ0) is 25.9. The fraction of sp³-hybridized carbons (Fsp3) is 0.440. The molecule has 2 N–H and O–H groups in total. The van der Waals surface area contributed by atoms with Gasteiger partial charge in [0.1, 0.15) is 17.2 Å². The molecule has 1 fully saturated rings. The van der Waals surface area contributed by atoms with E-state index in [0.717, 1.165) is 11.8 Å². The van der Waals surface area contributed by atoms with Gasteiger partial charge in [-0.05, 0) is 39.7 Å². The summed E-state index contributed by atoms with van der Waals surface area (Å²) in [5.74, 6) is -3.70. The molecule has 5 rings (SSSR count). The molecule has 9 nitrogen and oxygen atoms in total. The van der Waals surface area contributed by atoms with Crippen LogP contribution in [0.25, 0.3) is 0 Å². The van der Waals surface area contributed by atoms with E-state index in [1.54, 1.807) is 4.90 Å². The van der Waals surface area contributed by atoms with Gasteiger partial charge in [-0.1, -0.05) is 11.2 Å². The molecule has 4 heterocycles. The molecule has 1 aromatic carbocycles. The number of nitrogens with one attached hydrogen (secondary N) is 1. The van der Waals surface area contributed by atoms with Crippen molar-refractivity contribution in [2.45, 2.75) is 64.3 Å². The number of carbonyl (C=O) groups is 2. The highest BCUT2D eigenvalue weighted by atomic mass is 19.1. The van der Waals surface area contributed by atoms with Crippen LogP contribution in [-0.4, -0.2) is 50.3 Å². The van der Waals surface area contributed by atoms with Gasteiger partial charge in [0.05, 0.1) is 11.8 Å². The molecule has 2 amide bonds. The van der Waals surface area contributed by atoms with Crippen molar-refractivity contribution in [3.63, 3.8) is 0 Å². The van der Waals surface area contributed by atoms with Gasteiger partial charge in [-0.25, -0.2) is 8.78 Å². The van der Waals surface area contributed by atoms with Crippen LogP contribution < -0.4 is 10.7 Å². The fourth-order valence-electron chi connectivity index (χ4n) is 5.41. The van der Waals surface area contributed by atoms with Gasteiger partial charge in [-0.2, -0.15) is 0 Å². The monoisotopic (exact) mass is 500 g/mol. The standard InChI is InChI=1S/C25H26F2N4O5/c1-12-8-25(36-29-12)7-6-13(2)30-11-18(25)31-10-16(21(32)22(33)20(31)24(30)35)23(34)28-9-15-4-5-17(26)14(3)19(15)27/h4-5,10,13,18,33H,6-9,11H2,1-3H3,(H,28,34)/t13-,18+,25-/m0/s1. The van der Waals surface area contributed by atoms with Crippen molar-refractivity contribution in [2.75, 3.05) is 6.54 Å². The molecule has 1 aromatic heterocycles. The van der Waals surface area contributed by atoms with E-state index < -0.39 is 51.8 Å². The summed E-state index contributed by atoms with van der Waals surface area (Å²) >= 11 is 0. The molecule has 36 heavy (non-hydrogen) atoms. The minimum absolute atomic E-state index is 0.0408. The van der Waals surface area contributed by atoms with Crippen molar-refractivity contribution in [1.29, 1.82) is 0 Å². The van der Waals surface area contributed by atoms with E-state index in [-0.39, 0.29) is 36.0 Å². The predicted octanol–water partition coefficient (Wildman–Crippen LogP) is 2.78. The highest BCUT2D eigenvalue weighted by Gasteiger charge is 2.53. The van der Waals surface area contributed by atoms with Crippen molar-refractivity contribution in [3.8, 4) is 5.75 Å². The number of halogens is 2. The van der Waals surface area contributed by atoms with Crippen molar-refractivity contribution in [1.82, 2.24) is 14.8 Å². The van der Waals surface area contributed by atoms with Crippen molar-refractivity contribution < 1.29 is 28.3 Å². The molecule has 11 heteroatoms. The third-order valence-corrected chi connectivity index (χ3v) is 7.53. The maximum atomic E-state index is 14.4. The van der Waals surface area contributed by atoms with E-state index in [4.69, 9.17) is 4.84 Å². The van der Waals surface area contributed by atoms with Crippen LogP contribution in [0, 0.1) is 18.6 Å². The molecule has 0 aliphatic carbocycles. The lowest BCUT2D eigenvalue weighted by Gasteiger charge is -2.41. The summed E-state index contributed by atoms with van der Waals surface area (Å²) in [6, 6.07) is 1.64. The summed E-state index contributed by atoms with van der Waals surface area (Å²) in [6.07, 6.45) is 2.98. The first-order valence-corrected chi connectivity index (χ1v) is 11.8. The summed E-state index contributed by atoms with van der Waals surface area (Å²) in [7, 11) is 0. The van der Waals surface area contributed by atoms with E-state index in [2.05, 4.69) is 10.5 Å². The summed E-state index contributed by atoms with van der Waals surface area (Å²) < 4.78 is 29.4. The Hall–Kier alpha value is -3.76. The Labute approximate surface area is 205 Å². The summed E-state index contributed by atoms with van der Waals surface area (Å²) in [6.45, 7) is 4.98. The van der Waals surface area contributed by atoms with Gasteiger partial charge in [0.2, 0.25) is 5.43 Å². The van der Waals surface area contributed by atoms with Gasteiger partial charge in [0.15, 0.2) is 17.0 Å². The van der Waals surface area contributed by atoms with Crippen LogP contribution in [0.4, 0.5) is 8.78 Å². The van der Waals surface area contributed by atoms with E-state index in [1.165, 1.54) is 23.8 Å². The van der Waals surface area contributed by atoms with Gasteiger partial charge in [0, 0.05) is 42.9 Å². The first-order valence-electron chi connectivity index (χ1n) is 11.8. The molecule has 1 saturated heterocycles. The minimum Gasteiger partial charge on any atom is -0.503 e. The molecule has 3 aliphatic rings. The Balaban J connectivity index is 1.54. The lowest BCUT2D eigenvalue weighted by molar-refractivity contribution is -0.0655. The highest BCUT2D eigenvalue weighted by molar-refractivity contribution is 5.99. The second-order valence-electron chi connectivity index (χ2n) is 9.82. The molecule has 1 spiro atoms. The van der Waals surface area contributed by atoms with Crippen LogP contribution in [-0.2, 0) is 11.4 Å². The molecule has 0 radical (unpaired) electrons. The van der Waals surface area contributed by atoms with Crippen molar-refractivity contribution in [3.05, 3.63) is 62.6 Å². The number of nitrogens with zero attached hydrogens (tertiary/aromatic N) is 3. The number of fused-ring (bicyclic) bond motifs is 5. The number of benzene rings is 1. The van der Waals surface area contributed by atoms with E-state index in [0.29, 0.717) is 19.3 Å². The van der Waals surface area contributed by atoms with Gasteiger partial charge < -0.3 is 24.7 Å². The molecule has 3 aliphatic heterocycles. The van der Waals surface area contributed by atoms with Crippen molar-refractivity contribution >= 4 is 17.5 Å². The first-order chi connectivity index (χ1) is 17.0. The topological polar surface area (TPSA) is 113 Å². The van der Waals surface area contributed by atoms with Gasteiger partial charge in [-0.15, -0.1) is 0 Å². The van der Waals surface area contributed by atoms with Gasteiger partial charge in [-0.3, -0.25) is 14.4 Å². The van der Waals surface area contributed by atoms with Crippen molar-refractivity contribution in [2.24, 2.45) is 5.16 Å². The minimum atomic E-state index is -1.01. The average Bonchev–Trinajstić information content (AvgIpc) is 3.18. The maximum absolute atomic E-state index is 14.4. The number of hydrogen-bond acceptors (Lipinski definition) is 6. The van der Waals surface area contributed by atoms with Crippen LogP contribution in [0.5, 0.6) is 5.75 Å². The van der Waals surface area contributed by atoms with Crippen LogP contribution in [0.15, 0.2) is 28.3 Å². The number of oxime groups is 1. The molecule has 0 unspecified atom stereocenters. The third kappa shape index (κ3) is 3.56. The number of aromatic hydroxyl groups is 1. The Kier molecular flexibility index (Phi) is 5.60. The fourth-order valence-corrected chi connectivity index (χ4v) is 5.41. The quantitative estimate of drug-likeness (QED) is 0.673. The number of amides is 2. The van der Waals surface area contributed by atoms with E-state index in [1.807, 2.05) is 13.8 Å². The molecule has 2 bridgehead atoms. The number of rotatable bonds is 3. The number of pyridine rings is 1. The third-order valence-electron chi connectivity index (χ3n) is 7.53. The highest BCUT2D eigenvalue weighted by Crippen LogP contribution is 2.46.